The molecule has 38 heavy (non-hydrogen) atoms. The van der Waals surface area contributed by atoms with E-state index in [1.54, 1.807) is 32.0 Å². The van der Waals surface area contributed by atoms with E-state index in [9.17, 15) is 18.8 Å². The van der Waals surface area contributed by atoms with Crippen LogP contribution in [0.15, 0.2) is 96.4 Å². The first-order valence-corrected chi connectivity index (χ1v) is 11.7. The Labute approximate surface area is 220 Å². The van der Waals surface area contributed by atoms with Gasteiger partial charge in [-0.1, -0.05) is 49.6 Å². The summed E-state index contributed by atoms with van der Waals surface area (Å²) in [5.74, 6) is -3.27. The summed E-state index contributed by atoms with van der Waals surface area (Å²) in [6, 6.07) is 12.0. The number of carbonyl (C=O) groups excluding carboxylic acids is 3. The van der Waals surface area contributed by atoms with Gasteiger partial charge in [0, 0.05) is 11.4 Å². The molecule has 0 fully saturated rings. The second kappa shape index (κ2) is 13.0. The Bertz CT molecular complexity index is 1250. The van der Waals surface area contributed by atoms with Gasteiger partial charge in [-0.2, -0.15) is 0 Å². The van der Waals surface area contributed by atoms with Crippen LogP contribution in [0, 0.1) is 5.82 Å². The molecule has 0 amide bonds. The van der Waals surface area contributed by atoms with Gasteiger partial charge in [-0.3, -0.25) is 0 Å². The van der Waals surface area contributed by atoms with Crippen LogP contribution in [0.5, 0.6) is 11.5 Å². The van der Waals surface area contributed by atoms with Crippen molar-refractivity contribution in [3.63, 3.8) is 0 Å². The summed E-state index contributed by atoms with van der Waals surface area (Å²) in [4.78, 5) is 38.2. The highest BCUT2D eigenvalue weighted by Crippen LogP contribution is 2.39. The van der Waals surface area contributed by atoms with Gasteiger partial charge in [-0.05, 0) is 43.7 Å². The van der Waals surface area contributed by atoms with Crippen molar-refractivity contribution in [2.45, 2.75) is 19.8 Å². The molecule has 0 aromatic heterocycles. The minimum atomic E-state index is -0.819. The first-order chi connectivity index (χ1) is 18.3. The zero-order valence-corrected chi connectivity index (χ0v) is 21.1. The number of hydrogen-bond donors (Lipinski definition) is 1. The third-order valence-corrected chi connectivity index (χ3v) is 5.49. The van der Waals surface area contributed by atoms with E-state index >= 15 is 0 Å². The van der Waals surface area contributed by atoms with Crippen molar-refractivity contribution in [2.24, 2.45) is 0 Å². The monoisotopic (exact) mass is 521 g/mol. The lowest BCUT2D eigenvalue weighted by atomic mass is 9.80. The molecule has 0 spiro atoms. The predicted octanol–water partition coefficient (Wildman–Crippen LogP) is 4.50. The third kappa shape index (κ3) is 6.76. The van der Waals surface area contributed by atoms with Crippen molar-refractivity contribution in [3.05, 3.63) is 108 Å². The first-order valence-electron chi connectivity index (χ1n) is 11.7. The van der Waals surface area contributed by atoms with Crippen molar-refractivity contribution < 1.29 is 37.7 Å². The van der Waals surface area contributed by atoms with Crippen molar-refractivity contribution in [1.29, 1.82) is 0 Å². The second-order valence-corrected chi connectivity index (χ2v) is 8.17. The Morgan fingerprint density at radius 2 is 1.45 bits per heavy atom. The molecule has 198 valence electrons. The summed E-state index contributed by atoms with van der Waals surface area (Å²) < 4.78 is 34.7. The van der Waals surface area contributed by atoms with Gasteiger partial charge in [0.05, 0.1) is 17.1 Å². The van der Waals surface area contributed by atoms with Crippen molar-refractivity contribution >= 4 is 17.9 Å². The van der Waals surface area contributed by atoms with Gasteiger partial charge < -0.3 is 24.3 Å². The minimum absolute atomic E-state index is 0.00881. The van der Waals surface area contributed by atoms with Crippen LogP contribution < -0.4 is 14.8 Å². The van der Waals surface area contributed by atoms with Crippen molar-refractivity contribution in [3.8, 4) is 11.5 Å². The number of carbonyl (C=O) groups is 3. The Morgan fingerprint density at radius 3 is 1.97 bits per heavy atom. The first kappa shape index (κ1) is 27.9. The number of halogens is 1. The highest BCUT2D eigenvalue weighted by Gasteiger charge is 2.38. The van der Waals surface area contributed by atoms with Crippen LogP contribution in [-0.4, -0.2) is 37.7 Å². The maximum Gasteiger partial charge on any atom is 0.349 e. The van der Waals surface area contributed by atoms with E-state index < -0.39 is 36.2 Å². The summed E-state index contributed by atoms with van der Waals surface area (Å²) in [6.07, 6.45) is 2.89. The van der Waals surface area contributed by atoms with Crippen molar-refractivity contribution in [2.75, 3.05) is 19.8 Å². The number of esters is 3. The summed E-state index contributed by atoms with van der Waals surface area (Å²) in [7, 11) is 0. The number of hydrogen-bond acceptors (Lipinski definition) is 8. The topological polar surface area (TPSA) is 100 Å². The number of dihydropyridines is 1. The summed E-state index contributed by atoms with van der Waals surface area (Å²) in [6.45, 7) is 10.0. The van der Waals surface area contributed by atoms with Crippen molar-refractivity contribution in [1.82, 2.24) is 5.32 Å². The number of rotatable bonds is 11. The molecule has 1 N–H and O–H groups in total. The van der Waals surface area contributed by atoms with E-state index in [-0.39, 0.29) is 35.9 Å². The molecule has 0 bridgehead atoms. The van der Waals surface area contributed by atoms with Gasteiger partial charge in [0.25, 0.3) is 0 Å². The van der Waals surface area contributed by atoms with Gasteiger partial charge in [0.15, 0.2) is 18.2 Å². The fraction of sp³-hybridized carbons (Fsp3) is 0.207. The smallest absolute Gasteiger partial charge is 0.349 e. The average molecular weight is 522 g/mol. The highest BCUT2D eigenvalue weighted by atomic mass is 19.1. The normalized spacial score (nSPS) is 13.3. The van der Waals surface area contributed by atoms with Gasteiger partial charge >= 0.3 is 17.9 Å². The zero-order chi connectivity index (χ0) is 27.7. The van der Waals surface area contributed by atoms with Crippen LogP contribution in [0.1, 0.15) is 25.3 Å². The molecule has 0 aliphatic carbocycles. The molecule has 0 radical (unpaired) electrons. The lowest BCUT2D eigenvalue weighted by Gasteiger charge is -2.30. The quantitative estimate of drug-likeness (QED) is 0.262. The van der Waals surface area contributed by atoms with Gasteiger partial charge in [0.2, 0.25) is 0 Å². The van der Waals surface area contributed by atoms with E-state index in [4.69, 9.17) is 18.9 Å². The Balaban J connectivity index is 1.85. The molecule has 0 atom stereocenters. The maximum absolute atomic E-state index is 13.7. The molecule has 2 aromatic carbocycles. The average Bonchev–Trinajstić information content (AvgIpc) is 2.90. The standard InChI is InChI=1S/C29H28FNO7/c1-5-15-35-28(33)25-18(3)31-19(4)26(29(34)36-16-6-2)27(25)20-11-13-21(14-12-20)38-24(32)17-37-23-10-8-7-9-22(23)30/h5-14,27,31H,1-2,15-17H2,3-4H3. The Hall–Kier alpha value is -4.66. The van der Waals surface area contributed by atoms with Gasteiger partial charge in [0.1, 0.15) is 19.0 Å². The fourth-order valence-corrected chi connectivity index (χ4v) is 3.88. The molecule has 1 aliphatic rings. The van der Waals surface area contributed by atoms with E-state index in [2.05, 4.69) is 18.5 Å². The predicted molar refractivity (Wildman–Crippen MR) is 138 cm³/mol. The summed E-state index contributed by atoms with van der Waals surface area (Å²) in [5.41, 5.74) is 2.05. The molecule has 2 aromatic rings. The molecule has 1 aliphatic heterocycles. The molecule has 1 heterocycles. The molecule has 9 heteroatoms. The molecular weight excluding hydrogens is 493 g/mol. The van der Waals surface area contributed by atoms with Crippen LogP contribution in [-0.2, 0) is 23.9 Å². The maximum atomic E-state index is 13.7. The molecule has 0 unspecified atom stereocenters. The van der Waals surface area contributed by atoms with Crippen LogP contribution in [0.3, 0.4) is 0 Å². The van der Waals surface area contributed by atoms with E-state index in [0.717, 1.165) is 0 Å². The second-order valence-electron chi connectivity index (χ2n) is 8.17. The Kier molecular flexibility index (Phi) is 9.59. The summed E-state index contributed by atoms with van der Waals surface area (Å²) >= 11 is 0. The van der Waals surface area contributed by atoms with E-state index in [1.165, 1.54) is 42.5 Å². The van der Waals surface area contributed by atoms with Gasteiger partial charge in [-0.15, -0.1) is 0 Å². The van der Waals surface area contributed by atoms with Crippen LogP contribution >= 0.6 is 0 Å². The van der Waals surface area contributed by atoms with Gasteiger partial charge in [-0.25, -0.2) is 18.8 Å². The van der Waals surface area contributed by atoms with Crippen LogP contribution in [0.2, 0.25) is 0 Å². The molecule has 0 saturated heterocycles. The number of para-hydroxylation sites is 1. The SMILES string of the molecule is C=CCOC(=O)C1=C(C)NC(C)=C(C(=O)OCC=C)C1c1ccc(OC(=O)COc2ccccc2F)cc1. The largest absolute Gasteiger partial charge is 0.479 e. The number of nitrogens with one attached hydrogen (secondary N) is 1. The number of benzene rings is 2. The summed E-state index contributed by atoms with van der Waals surface area (Å²) in [5, 5.41) is 3.06. The molecular formula is C29H28FNO7. The lowest BCUT2D eigenvalue weighted by molar-refractivity contribution is -0.139. The molecule has 8 nitrogen and oxygen atoms in total. The van der Waals surface area contributed by atoms with Crippen LogP contribution in [0.25, 0.3) is 0 Å². The Morgan fingerprint density at radius 1 is 0.895 bits per heavy atom. The van der Waals surface area contributed by atoms with E-state index in [1.807, 2.05) is 0 Å². The lowest BCUT2D eigenvalue weighted by Crippen LogP contribution is -2.32. The van der Waals surface area contributed by atoms with E-state index in [0.29, 0.717) is 17.0 Å². The zero-order valence-electron chi connectivity index (χ0n) is 21.1. The third-order valence-electron chi connectivity index (χ3n) is 5.49. The molecule has 3 rings (SSSR count). The fourth-order valence-electron chi connectivity index (χ4n) is 3.88. The minimum Gasteiger partial charge on any atom is -0.479 e. The number of allylic oxidation sites excluding steroid dienone is 2. The van der Waals surface area contributed by atoms with Crippen LogP contribution in [0.4, 0.5) is 4.39 Å². The molecule has 0 saturated carbocycles. The highest BCUT2D eigenvalue weighted by molar-refractivity contribution is 6.00. The number of ether oxygens (including phenoxy) is 4.